The maximum Gasteiger partial charge on any atom is 0.306 e. The standard InChI is InChI=1S/C63H112O6/c1-4-7-10-13-16-19-22-25-28-30-31-33-35-38-41-44-47-50-53-56-62(65)68-59-60(58-67-61(64)55-52-49-46-43-40-37-34-27-24-21-18-15-12-9-6-3)69-63(66)57-54-51-48-45-42-39-36-32-29-26-23-20-17-14-11-8-5-2/h17,20,25-26,28-29,36,39,45,48,60H,4-16,18-19,21-24,27,30-35,37-38,40-44,46-47,49-59H2,1-3H3/b20-17+,28-25+,29-26+,39-36+,48-45+/t60-/m1/s1. The van der Waals surface area contributed by atoms with Gasteiger partial charge in [-0.15, -0.1) is 0 Å². The van der Waals surface area contributed by atoms with Gasteiger partial charge >= 0.3 is 17.9 Å². The third-order valence-electron chi connectivity index (χ3n) is 13.0. The molecule has 0 radical (unpaired) electrons. The van der Waals surface area contributed by atoms with Crippen molar-refractivity contribution < 1.29 is 28.6 Å². The van der Waals surface area contributed by atoms with Gasteiger partial charge in [0, 0.05) is 19.3 Å². The second kappa shape index (κ2) is 57.7. The fourth-order valence-corrected chi connectivity index (χ4v) is 8.49. The SMILES string of the molecule is CCCCC/C=C/C/C=C/C/C=C/C/C=C/CCCC(=O)O[C@@H](COC(=O)CCCCCCCCCCC/C=C/CCCCCCCC)COC(=O)CCCCCCCCCCCCCCCCC. The number of ether oxygens (including phenoxy) is 3. The van der Waals surface area contributed by atoms with Gasteiger partial charge < -0.3 is 14.2 Å². The lowest BCUT2D eigenvalue weighted by atomic mass is 10.0. The summed E-state index contributed by atoms with van der Waals surface area (Å²) in [7, 11) is 0. The van der Waals surface area contributed by atoms with Crippen LogP contribution < -0.4 is 0 Å². The van der Waals surface area contributed by atoms with Gasteiger partial charge in [-0.25, -0.2) is 0 Å². The lowest BCUT2D eigenvalue weighted by Gasteiger charge is -2.18. The molecule has 0 fully saturated rings. The summed E-state index contributed by atoms with van der Waals surface area (Å²) in [6.07, 6.45) is 72.2. The van der Waals surface area contributed by atoms with Crippen LogP contribution in [0.2, 0.25) is 0 Å². The van der Waals surface area contributed by atoms with E-state index in [1.807, 2.05) is 0 Å². The van der Waals surface area contributed by atoms with Crippen LogP contribution in [0.1, 0.15) is 303 Å². The first-order chi connectivity index (χ1) is 34.0. The summed E-state index contributed by atoms with van der Waals surface area (Å²) >= 11 is 0. The summed E-state index contributed by atoms with van der Waals surface area (Å²) in [5.41, 5.74) is 0. The highest BCUT2D eigenvalue weighted by Crippen LogP contribution is 2.16. The molecule has 0 aromatic carbocycles. The number of unbranched alkanes of at least 4 members (excludes halogenated alkanes) is 33. The molecule has 0 aliphatic rings. The molecular weight excluding hydrogens is 853 g/mol. The molecule has 69 heavy (non-hydrogen) atoms. The van der Waals surface area contributed by atoms with Gasteiger partial charge in [0.25, 0.3) is 0 Å². The maximum absolute atomic E-state index is 12.8. The van der Waals surface area contributed by atoms with E-state index in [2.05, 4.69) is 81.5 Å². The van der Waals surface area contributed by atoms with E-state index in [0.29, 0.717) is 19.3 Å². The predicted octanol–water partition coefficient (Wildman–Crippen LogP) is 20.0. The van der Waals surface area contributed by atoms with Crippen molar-refractivity contribution in [1.29, 1.82) is 0 Å². The van der Waals surface area contributed by atoms with Crippen molar-refractivity contribution in [3.63, 3.8) is 0 Å². The van der Waals surface area contributed by atoms with Crippen LogP contribution in [0, 0.1) is 0 Å². The van der Waals surface area contributed by atoms with Crippen molar-refractivity contribution in [3.05, 3.63) is 60.8 Å². The van der Waals surface area contributed by atoms with Gasteiger partial charge in [0.1, 0.15) is 13.2 Å². The Morgan fingerprint density at radius 3 is 0.899 bits per heavy atom. The molecular formula is C63H112O6. The largest absolute Gasteiger partial charge is 0.462 e. The van der Waals surface area contributed by atoms with Gasteiger partial charge in [-0.1, -0.05) is 261 Å². The fraction of sp³-hybridized carbons (Fsp3) is 0.794. The van der Waals surface area contributed by atoms with Gasteiger partial charge in [-0.05, 0) is 83.5 Å². The van der Waals surface area contributed by atoms with E-state index >= 15 is 0 Å². The molecule has 6 heteroatoms. The third-order valence-corrected chi connectivity index (χ3v) is 13.0. The maximum atomic E-state index is 12.8. The zero-order chi connectivity index (χ0) is 50.0. The van der Waals surface area contributed by atoms with Crippen LogP contribution in [0.25, 0.3) is 0 Å². The molecule has 400 valence electrons. The monoisotopic (exact) mass is 965 g/mol. The van der Waals surface area contributed by atoms with Crippen LogP contribution in [-0.4, -0.2) is 37.2 Å². The minimum Gasteiger partial charge on any atom is -0.462 e. The summed E-state index contributed by atoms with van der Waals surface area (Å²) in [5.74, 6) is -0.938. The average Bonchev–Trinajstić information content (AvgIpc) is 3.35. The van der Waals surface area contributed by atoms with Gasteiger partial charge in [-0.3, -0.25) is 14.4 Å². The van der Waals surface area contributed by atoms with Crippen molar-refractivity contribution in [2.75, 3.05) is 13.2 Å². The molecule has 0 unspecified atom stereocenters. The second-order valence-corrected chi connectivity index (χ2v) is 19.9. The average molecular weight is 966 g/mol. The zero-order valence-corrected chi connectivity index (χ0v) is 45.8. The summed E-state index contributed by atoms with van der Waals surface area (Å²) in [5, 5.41) is 0. The van der Waals surface area contributed by atoms with E-state index in [9.17, 15) is 14.4 Å². The van der Waals surface area contributed by atoms with E-state index in [-0.39, 0.29) is 37.5 Å². The molecule has 0 saturated carbocycles. The summed E-state index contributed by atoms with van der Waals surface area (Å²) in [6, 6.07) is 0. The number of hydrogen-bond acceptors (Lipinski definition) is 6. The van der Waals surface area contributed by atoms with Gasteiger partial charge in [0.05, 0.1) is 0 Å². The van der Waals surface area contributed by atoms with E-state index in [1.165, 1.54) is 193 Å². The number of allylic oxidation sites excluding steroid dienone is 10. The molecule has 0 spiro atoms. The molecule has 0 aliphatic heterocycles. The first-order valence-electron chi connectivity index (χ1n) is 29.8. The molecule has 0 rings (SSSR count). The van der Waals surface area contributed by atoms with E-state index in [0.717, 1.165) is 64.2 Å². The number of esters is 3. The zero-order valence-electron chi connectivity index (χ0n) is 45.8. The van der Waals surface area contributed by atoms with Crippen LogP contribution in [0.15, 0.2) is 60.8 Å². The topological polar surface area (TPSA) is 78.9 Å². The van der Waals surface area contributed by atoms with Crippen molar-refractivity contribution >= 4 is 17.9 Å². The number of rotatable bonds is 54. The molecule has 0 aliphatic carbocycles. The Hall–Kier alpha value is -2.89. The molecule has 1 atom stereocenters. The molecule has 0 amide bonds. The van der Waals surface area contributed by atoms with E-state index < -0.39 is 6.10 Å². The minimum absolute atomic E-state index is 0.0935. The van der Waals surface area contributed by atoms with Crippen LogP contribution in [0.4, 0.5) is 0 Å². The third kappa shape index (κ3) is 55.9. The van der Waals surface area contributed by atoms with Crippen LogP contribution in [-0.2, 0) is 28.6 Å². The highest BCUT2D eigenvalue weighted by molar-refractivity contribution is 5.71. The summed E-state index contributed by atoms with van der Waals surface area (Å²) in [6.45, 7) is 6.60. The van der Waals surface area contributed by atoms with Crippen LogP contribution in [0.5, 0.6) is 0 Å². The molecule has 0 bridgehead atoms. The second-order valence-electron chi connectivity index (χ2n) is 19.9. The Kier molecular flexibility index (Phi) is 55.3. The minimum atomic E-state index is -0.802. The summed E-state index contributed by atoms with van der Waals surface area (Å²) < 4.78 is 16.8. The lowest BCUT2D eigenvalue weighted by molar-refractivity contribution is -0.167. The molecule has 0 aromatic heterocycles. The van der Waals surface area contributed by atoms with Crippen molar-refractivity contribution in [3.8, 4) is 0 Å². The highest BCUT2D eigenvalue weighted by Gasteiger charge is 2.19. The molecule has 0 N–H and O–H groups in total. The lowest BCUT2D eigenvalue weighted by Crippen LogP contribution is -2.30. The number of carbonyl (C=O) groups is 3. The summed E-state index contributed by atoms with van der Waals surface area (Å²) in [4.78, 5) is 38.2. The first kappa shape index (κ1) is 66.1. The molecule has 0 saturated heterocycles. The molecule has 0 aromatic rings. The number of carbonyl (C=O) groups excluding carboxylic acids is 3. The Bertz CT molecular complexity index is 1250. The predicted molar refractivity (Wildman–Crippen MR) is 298 cm³/mol. The Balaban J connectivity index is 4.42. The molecule has 0 heterocycles. The number of hydrogen-bond donors (Lipinski definition) is 0. The Labute approximate surface area is 428 Å². The van der Waals surface area contributed by atoms with Gasteiger partial charge in [0.15, 0.2) is 6.10 Å². The fourth-order valence-electron chi connectivity index (χ4n) is 8.49. The van der Waals surface area contributed by atoms with Gasteiger partial charge in [-0.2, -0.15) is 0 Å². The smallest absolute Gasteiger partial charge is 0.306 e. The van der Waals surface area contributed by atoms with Crippen molar-refractivity contribution in [1.82, 2.24) is 0 Å². The Morgan fingerprint density at radius 2 is 0.536 bits per heavy atom. The Morgan fingerprint density at radius 1 is 0.290 bits per heavy atom. The van der Waals surface area contributed by atoms with E-state index in [4.69, 9.17) is 14.2 Å². The van der Waals surface area contributed by atoms with E-state index in [1.54, 1.807) is 0 Å². The van der Waals surface area contributed by atoms with Crippen molar-refractivity contribution in [2.45, 2.75) is 309 Å². The van der Waals surface area contributed by atoms with Crippen LogP contribution >= 0.6 is 0 Å². The first-order valence-corrected chi connectivity index (χ1v) is 29.8. The van der Waals surface area contributed by atoms with Crippen LogP contribution in [0.3, 0.4) is 0 Å². The van der Waals surface area contributed by atoms with Gasteiger partial charge in [0.2, 0.25) is 0 Å². The normalized spacial score (nSPS) is 12.4. The molecule has 6 nitrogen and oxygen atoms in total. The highest BCUT2D eigenvalue weighted by atomic mass is 16.6. The quantitative estimate of drug-likeness (QED) is 0.0262. The van der Waals surface area contributed by atoms with Crippen molar-refractivity contribution in [2.24, 2.45) is 0 Å².